The number of thioether (sulfide) groups is 1. The average Bonchev–Trinajstić information content (AvgIpc) is 3.36. The van der Waals surface area contributed by atoms with Gasteiger partial charge in [-0.15, -0.1) is 10.2 Å². The van der Waals surface area contributed by atoms with Gasteiger partial charge in [0.1, 0.15) is 12.4 Å². The fraction of sp³-hybridized carbons (Fsp3) is 0.348. The molecule has 0 bridgehead atoms. The van der Waals surface area contributed by atoms with Crippen molar-refractivity contribution in [2.45, 2.75) is 11.3 Å². The lowest BCUT2D eigenvalue weighted by Crippen LogP contribution is -2.49. The third-order valence-corrected chi connectivity index (χ3v) is 6.40. The molecule has 172 valence electrons. The van der Waals surface area contributed by atoms with Gasteiger partial charge in [0.2, 0.25) is 12.0 Å². The number of aromatic nitrogens is 2. The van der Waals surface area contributed by atoms with E-state index in [1.54, 1.807) is 7.11 Å². The minimum absolute atomic E-state index is 0.0558. The second kappa shape index (κ2) is 9.62. The first-order valence-corrected chi connectivity index (χ1v) is 11.7. The summed E-state index contributed by atoms with van der Waals surface area (Å²) >= 11 is 1.24. The van der Waals surface area contributed by atoms with Gasteiger partial charge in [-0.25, -0.2) is 0 Å². The molecule has 1 aromatic heterocycles. The van der Waals surface area contributed by atoms with E-state index in [0.29, 0.717) is 42.3 Å². The number of methoxy groups -OCH3 is 1. The largest absolute Gasteiger partial charge is 0.497 e. The van der Waals surface area contributed by atoms with Crippen LogP contribution in [0.25, 0.3) is 0 Å². The Morgan fingerprint density at radius 2 is 1.82 bits per heavy atom. The number of carbonyl (C=O) groups excluding carboxylic acids is 1. The predicted octanol–water partition coefficient (Wildman–Crippen LogP) is 3.03. The molecule has 0 N–H and O–H groups in total. The summed E-state index contributed by atoms with van der Waals surface area (Å²) in [4.78, 5) is 16.8. The lowest BCUT2D eigenvalue weighted by molar-refractivity contribution is -0.128. The Bertz CT molecular complexity index is 1100. The Morgan fingerprint density at radius 1 is 1.06 bits per heavy atom. The van der Waals surface area contributed by atoms with E-state index in [1.807, 2.05) is 53.4 Å². The van der Waals surface area contributed by atoms with E-state index in [9.17, 15) is 4.79 Å². The molecule has 9 nitrogen and oxygen atoms in total. The van der Waals surface area contributed by atoms with Gasteiger partial charge in [0.05, 0.1) is 12.9 Å². The highest BCUT2D eigenvalue weighted by Gasteiger charge is 2.28. The number of benzene rings is 2. The van der Waals surface area contributed by atoms with Crippen LogP contribution >= 0.6 is 11.8 Å². The van der Waals surface area contributed by atoms with Crippen molar-refractivity contribution in [1.29, 1.82) is 0 Å². The van der Waals surface area contributed by atoms with Crippen molar-refractivity contribution >= 4 is 23.4 Å². The summed E-state index contributed by atoms with van der Waals surface area (Å²) in [5.41, 5.74) is 1.13. The number of rotatable bonds is 6. The highest BCUT2D eigenvalue weighted by molar-refractivity contribution is 7.99. The summed E-state index contributed by atoms with van der Waals surface area (Å²) in [7, 11) is 1.66. The van der Waals surface area contributed by atoms with Crippen molar-refractivity contribution in [3.05, 3.63) is 54.4 Å². The number of piperazine rings is 1. The zero-order valence-electron chi connectivity index (χ0n) is 18.2. The molecule has 1 fully saturated rings. The Labute approximate surface area is 195 Å². The minimum atomic E-state index is -0.469. The molecule has 2 aromatic carbocycles. The summed E-state index contributed by atoms with van der Waals surface area (Å²) in [5, 5.41) is 8.47. The van der Waals surface area contributed by atoms with E-state index in [0.717, 1.165) is 24.5 Å². The summed E-state index contributed by atoms with van der Waals surface area (Å²) in [6.45, 7) is 3.21. The van der Waals surface area contributed by atoms with E-state index in [2.05, 4.69) is 15.1 Å². The molecule has 1 amide bonds. The number of hydrogen-bond acceptors (Lipinski definition) is 9. The smallest absolute Gasteiger partial charge is 0.277 e. The zero-order chi connectivity index (χ0) is 22.6. The van der Waals surface area contributed by atoms with Gasteiger partial charge in [0.25, 0.3) is 11.1 Å². The molecule has 5 rings (SSSR count). The summed E-state index contributed by atoms with van der Waals surface area (Å²) in [6, 6.07) is 15.4. The maximum atomic E-state index is 12.7. The fourth-order valence-electron chi connectivity index (χ4n) is 3.77. The van der Waals surface area contributed by atoms with Gasteiger partial charge < -0.3 is 28.4 Å². The number of fused-ring (bicyclic) bond motifs is 1. The van der Waals surface area contributed by atoms with E-state index in [4.69, 9.17) is 18.6 Å². The van der Waals surface area contributed by atoms with Crippen LogP contribution in [0.5, 0.6) is 17.2 Å². The van der Waals surface area contributed by atoms with Crippen molar-refractivity contribution in [2.75, 3.05) is 50.5 Å². The molecule has 2 aliphatic heterocycles. The Hall–Kier alpha value is -3.40. The van der Waals surface area contributed by atoms with Crippen molar-refractivity contribution in [3.8, 4) is 17.2 Å². The third kappa shape index (κ3) is 4.85. The molecule has 3 heterocycles. The van der Waals surface area contributed by atoms with Crippen LogP contribution in [-0.4, -0.2) is 66.7 Å². The second-order valence-corrected chi connectivity index (χ2v) is 8.55. The molecular formula is C23H24N4O5S. The summed E-state index contributed by atoms with van der Waals surface area (Å²) < 4.78 is 22.5. The van der Waals surface area contributed by atoms with Crippen molar-refractivity contribution in [2.24, 2.45) is 0 Å². The summed E-state index contributed by atoms with van der Waals surface area (Å²) in [6.07, 6.45) is -0.469. The highest BCUT2D eigenvalue weighted by atomic mass is 32.2. The van der Waals surface area contributed by atoms with Crippen molar-refractivity contribution in [3.63, 3.8) is 0 Å². The normalized spacial score (nSPS) is 17.7. The first-order valence-electron chi connectivity index (χ1n) is 10.7. The number of ether oxygens (including phenoxy) is 3. The monoisotopic (exact) mass is 468 g/mol. The number of anilines is 1. The molecule has 3 aromatic rings. The number of amides is 1. The van der Waals surface area contributed by atoms with Gasteiger partial charge >= 0.3 is 0 Å². The number of para-hydroxylation sites is 2. The molecule has 0 radical (unpaired) electrons. The number of carbonyl (C=O) groups is 1. The molecule has 1 atom stereocenters. The van der Waals surface area contributed by atoms with E-state index < -0.39 is 6.10 Å². The molecule has 2 aliphatic rings. The third-order valence-electron chi connectivity index (χ3n) is 5.60. The highest BCUT2D eigenvalue weighted by Crippen LogP contribution is 2.36. The predicted molar refractivity (Wildman–Crippen MR) is 122 cm³/mol. The molecular weight excluding hydrogens is 444 g/mol. The zero-order valence-corrected chi connectivity index (χ0v) is 19.0. The molecule has 33 heavy (non-hydrogen) atoms. The maximum Gasteiger partial charge on any atom is 0.277 e. The second-order valence-electron chi connectivity index (χ2n) is 7.62. The van der Waals surface area contributed by atoms with Crippen LogP contribution in [0.3, 0.4) is 0 Å². The number of nitrogens with zero attached hydrogens (tertiary/aromatic N) is 4. The van der Waals surface area contributed by atoms with Crippen LogP contribution in [0.2, 0.25) is 0 Å². The van der Waals surface area contributed by atoms with E-state index in [-0.39, 0.29) is 11.7 Å². The quantitative estimate of drug-likeness (QED) is 0.506. The SMILES string of the molecule is COc1ccc(N2CCN(C(=O)CSc3nnc(C4COc5ccccc5O4)o3)CC2)cc1. The fourth-order valence-corrected chi connectivity index (χ4v) is 4.44. The molecule has 1 unspecified atom stereocenters. The lowest BCUT2D eigenvalue weighted by Gasteiger charge is -2.36. The standard InChI is InChI=1S/C23H24N4O5S/c1-29-17-8-6-16(7-9-17)26-10-12-27(13-11-26)21(28)15-33-23-25-24-22(32-23)20-14-30-18-4-2-3-5-19(18)31-20/h2-9,20H,10-15H2,1H3. The molecule has 0 saturated carbocycles. The van der Waals surface area contributed by atoms with Gasteiger partial charge in [0.15, 0.2) is 11.5 Å². The Balaban J connectivity index is 1.10. The van der Waals surface area contributed by atoms with Crippen LogP contribution in [0.1, 0.15) is 12.0 Å². The van der Waals surface area contributed by atoms with Crippen LogP contribution in [-0.2, 0) is 4.79 Å². The number of hydrogen-bond donors (Lipinski definition) is 0. The Kier molecular flexibility index (Phi) is 6.25. The minimum Gasteiger partial charge on any atom is -0.497 e. The van der Waals surface area contributed by atoms with Crippen LogP contribution in [0.4, 0.5) is 5.69 Å². The molecule has 10 heteroatoms. The first kappa shape index (κ1) is 21.4. The van der Waals surface area contributed by atoms with Gasteiger partial charge in [-0.05, 0) is 36.4 Å². The van der Waals surface area contributed by atoms with Crippen LogP contribution in [0.15, 0.2) is 58.2 Å². The topological polar surface area (TPSA) is 90.2 Å². The lowest BCUT2D eigenvalue weighted by atomic mass is 10.2. The van der Waals surface area contributed by atoms with E-state index in [1.165, 1.54) is 11.8 Å². The average molecular weight is 469 g/mol. The molecule has 0 aliphatic carbocycles. The molecule has 1 saturated heterocycles. The van der Waals surface area contributed by atoms with Crippen molar-refractivity contribution < 1.29 is 23.4 Å². The van der Waals surface area contributed by atoms with Gasteiger partial charge in [0, 0.05) is 31.9 Å². The Morgan fingerprint density at radius 3 is 2.58 bits per heavy atom. The van der Waals surface area contributed by atoms with Gasteiger partial charge in [-0.3, -0.25) is 4.79 Å². The van der Waals surface area contributed by atoms with Gasteiger partial charge in [-0.2, -0.15) is 0 Å². The van der Waals surface area contributed by atoms with Gasteiger partial charge in [-0.1, -0.05) is 23.9 Å². The van der Waals surface area contributed by atoms with Crippen LogP contribution < -0.4 is 19.1 Å². The van der Waals surface area contributed by atoms with Crippen molar-refractivity contribution in [1.82, 2.24) is 15.1 Å². The summed E-state index contributed by atoms with van der Waals surface area (Å²) in [5.74, 6) is 2.81. The maximum absolute atomic E-state index is 12.7. The van der Waals surface area contributed by atoms with Crippen LogP contribution in [0, 0.1) is 0 Å². The van der Waals surface area contributed by atoms with E-state index >= 15 is 0 Å². The first-order chi connectivity index (χ1) is 16.2. The molecule has 0 spiro atoms.